The van der Waals surface area contributed by atoms with E-state index in [4.69, 9.17) is 0 Å². The number of benzene rings is 3. The number of amides is 2. The molecule has 0 bridgehead atoms. The van der Waals surface area contributed by atoms with Crippen molar-refractivity contribution in [1.29, 1.82) is 0 Å². The van der Waals surface area contributed by atoms with E-state index >= 15 is 0 Å². The highest BCUT2D eigenvalue weighted by atomic mass is 16.2. The normalized spacial score (nSPS) is 11.5. The summed E-state index contributed by atoms with van der Waals surface area (Å²) in [5, 5.41) is 3.09. The lowest BCUT2D eigenvalue weighted by Gasteiger charge is -2.31. The molecule has 0 radical (unpaired) electrons. The smallest absolute Gasteiger partial charge is 0.243 e. The molecule has 2 amide bonds. The van der Waals surface area contributed by atoms with Crippen LogP contribution in [0.3, 0.4) is 0 Å². The standard InChI is InChI=1S/C29H34N2O2/c1-2-3-13-20-30-29(33)27(21-24-14-7-4-8-15-24)31(23-26-18-11-6-12-19-26)28(32)22-25-16-9-5-10-17-25/h4-12,14-19,27H,2-3,13,20-23H2,1H3,(H,30,33)/t27-/m1/s1. The van der Waals surface area contributed by atoms with E-state index in [-0.39, 0.29) is 18.2 Å². The minimum atomic E-state index is -0.578. The van der Waals surface area contributed by atoms with E-state index in [1.165, 1.54) is 0 Å². The molecule has 0 unspecified atom stereocenters. The van der Waals surface area contributed by atoms with Gasteiger partial charge < -0.3 is 10.2 Å². The number of hydrogen-bond acceptors (Lipinski definition) is 2. The van der Waals surface area contributed by atoms with E-state index in [0.717, 1.165) is 36.0 Å². The molecule has 0 saturated carbocycles. The molecule has 0 aromatic heterocycles. The Bertz CT molecular complexity index is 974. The zero-order valence-corrected chi connectivity index (χ0v) is 19.5. The molecule has 4 heteroatoms. The Labute approximate surface area is 197 Å². The van der Waals surface area contributed by atoms with Gasteiger partial charge in [-0.25, -0.2) is 0 Å². The highest BCUT2D eigenvalue weighted by molar-refractivity contribution is 5.88. The molecule has 0 spiro atoms. The molecule has 3 aromatic carbocycles. The molecule has 33 heavy (non-hydrogen) atoms. The predicted molar refractivity (Wildman–Crippen MR) is 134 cm³/mol. The van der Waals surface area contributed by atoms with E-state index in [2.05, 4.69) is 12.2 Å². The molecule has 0 aliphatic rings. The third-order valence-corrected chi connectivity index (χ3v) is 5.74. The first-order valence-corrected chi connectivity index (χ1v) is 11.9. The van der Waals surface area contributed by atoms with E-state index in [0.29, 0.717) is 19.5 Å². The maximum Gasteiger partial charge on any atom is 0.243 e. The van der Waals surface area contributed by atoms with Crippen molar-refractivity contribution in [1.82, 2.24) is 10.2 Å². The topological polar surface area (TPSA) is 49.4 Å². The fourth-order valence-electron chi connectivity index (χ4n) is 3.91. The second-order valence-electron chi connectivity index (χ2n) is 8.37. The van der Waals surface area contributed by atoms with Crippen molar-refractivity contribution < 1.29 is 9.59 Å². The summed E-state index contributed by atoms with van der Waals surface area (Å²) in [7, 11) is 0. The maximum absolute atomic E-state index is 13.6. The van der Waals surface area contributed by atoms with Crippen LogP contribution in [0, 0.1) is 0 Å². The van der Waals surface area contributed by atoms with Gasteiger partial charge in [0.2, 0.25) is 11.8 Å². The molecule has 3 rings (SSSR count). The summed E-state index contributed by atoms with van der Waals surface area (Å²) in [6.45, 7) is 3.17. The van der Waals surface area contributed by atoms with Gasteiger partial charge in [0.05, 0.1) is 6.42 Å². The molecule has 0 aliphatic carbocycles. The van der Waals surface area contributed by atoms with Gasteiger partial charge in [0.15, 0.2) is 0 Å². The lowest BCUT2D eigenvalue weighted by Crippen LogP contribution is -2.51. The van der Waals surface area contributed by atoms with Crippen molar-refractivity contribution in [2.24, 2.45) is 0 Å². The molecule has 0 fully saturated rings. The van der Waals surface area contributed by atoms with Crippen LogP contribution in [0.15, 0.2) is 91.0 Å². The Kier molecular flexibility index (Phi) is 9.71. The molecular weight excluding hydrogens is 408 g/mol. The number of nitrogens with zero attached hydrogens (tertiary/aromatic N) is 1. The maximum atomic E-state index is 13.6. The Morgan fingerprint density at radius 3 is 1.88 bits per heavy atom. The summed E-state index contributed by atoms with van der Waals surface area (Å²) in [5.41, 5.74) is 3.00. The largest absolute Gasteiger partial charge is 0.354 e. The monoisotopic (exact) mass is 442 g/mol. The lowest BCUT2D eigenvalue weighted by atomic mass is 10.0. The summed E-state index contributed by atoms with van der Waals surface area (Å²) in [4.78, 5) is 28.7. The summed E-state index contributed by atoms with van der Waals surface area (Å²) in [5.74, 6) is -0.137. The summed E-state index contributed by atoms with van der Waals surface area (Å²) >= 11 is 0. The predicted octanol–water partition coefficient (Wildman–Crippen LogP) is 5.18. The Morgan fingerprint density at radius 2 is 1.30 bits per heavy atom. The van der Waals surface area contributed by atoms with Gasteiger partial charge in [0.1, 0.15) is 6.04 Å². The van der Waals surface area contributed by atoms with Crippen molar-refractivity contribution in [3.8, 4) is 0 Å². The first-order valence-electron chi connectivity index (χ1n) is 11.9. The van der Waals surface area contributed by atoms with Crippen LogP contribution < -0.4 is 5.32 Å². The van der Waals surface area contributed by atoms with E-state index in [1.807, 2.05) is 91.0 Å². The zero-order chi connectivity index (χ0) is 23.3. The van der Waals surface area contributed by atoms with Crippen LogP contribution >= 0.6 is 0 Å². The van der Waals surface area contributed by atoms with Gasteiger partial charge in [-0.1, -0.05) is 111 Å². The second-order valence-corrected chi connectivity index (χ2v) is 8.37. The molecular formula is C29H34N2O2. The number of rotatable bonds is 12. The minimum absolute atomic E-state index is 0.0466. The van der Waals surface area contributed by atoms with Crippen LogP contribution in [0.5, 0.6) is 0 Å². The third-order valence-electron chi connectivity index (χ3n) is 5.74. The fourth-order valence-corrected chi connectivity index (χ4v) is 3.91. The zero-order valence-electron chi connectivity index (χ0n) is 19.5. The highest BCUT2D eigenvalue weighted by Gasteiger charge is 2.30. The van der Waals surface area contributed by atoms with E-state index in [1.54, 1.807) is 4.90 Å². The molecule has 0 saturated heterocycles. The fraction of sp³-hybridized carbons (Fsp3) is 0.310. The molecule has 0 heterocycles. The summed E-state index contributed by atoms with van der Waals surface area (Å²) in [6.07, 6.45) is 3.86. The van der Waals surface area contributed by atoms with Gasteiger partial charge in [-0.05, 0) is 23.1 Å². The number of nitrogens with one attached hydrogen (secondary N) is 1. The lowest BCUT2D eigenvalue weighted by molar-refractivity contribution is -0.140. The van der Waals surface area contributed by atoms with E-state index in [9.17, 15) is 9.59 Å². The van der Waals surface area contributed by atoms with Gasteiger partial charge in [-0.15, -0.1) is 0 Å². The third kappa shape index (κ3) is 7.90. The number of carbonyl (C=O) groups is 2. The van der Waals surface area contributed by atoms with Crippen LogP contribution in [0.1, 0.15) is 42.9 Å². The van der Waals surface area contributed by atoms with Crippen LogP contribution in [0.25, 0.3) is 0 Å². The van der Waals surface area contributed by atoms with Crippen LogP contribution in [0.2, 0.25) is 0 Å². The van der Waals surface area contributed by atoms with Gasteiger partial charge in [0, 0.05) is 19.5 Å². The van der Waals surface area contributed by atoms with Gasteiger partial charge >= 0.3 is 0 Å². The number of unbranched alkanes of at least 4 members (excludes halogenated alkanes) is 2. The molecule has 1 atom stereocenters. The van der Waals surface area contributed by atoms with Crippen molar-refractivity contribution in [2.45, 2.75) is 51.6 Å². The van der Waals surface area contributed by atoms with Crippen LogP contribution in [-0.4, -0.2) is 29.3 Å². The SMILES string of the molecule is CCCCCNC(=O)[C@@H](Cc1ccccc1)N(Cc1ccccc1)C(=O)Cc1ccccc1. The number of carbonyl (C=O) groups excluding carboxylic acids is 2. The first kappa shape index (κ1) is 24.2. The summed E-state index contributed by atoms with van der Waals surface area (Å²) < 4.78 is 0. The van der Waals surface area contributed by atoms with Crippen LogP contribution in [0.4, 0.5) is 0 Å². The van der Waals surface area contributed by atoms with Crippen molar-refractivity contribution in [2.75, 3.05) is 6.54 Å². The Morgan fingerprint density at radius 1 is 0.758 bits per heavy atom. The molecule has 3 aromatic rings. The highest BCUT2D eigenvalue weighted by Crippen LogP contribution is 2.16. The molecule has 4 nitrogen and oxygen atoms in total. The number of hydrogen-bond donors (Lipinski definition) is 1. The minimum Gasteiger partial charge on any atom is -0.354 e. The Hall–Kier alpha value is -3.40. The van der Waals surface area contributed by atoms with Crippen molar-refractivity contribution >= 4 is 11.8 Å². The summed E-state index contributed by atoms with van der Waals surface area (Å²) in [6, 6.07) is 29.0. The average molecular weight is 443 g/mol. The van der Waals surface area contributed by atoms with Crippen molar-refractivity contribution in [3.63, 3.8) is 0 Å². The molecule has 172 valence electrons. The second kappa shape index (κ2) is 13.2. The van der Waals surface area contributed by atoms with Crippen LogP contribution in [-0.2, 0) is 29.0 Å². The van der Waals surface area contributed by atoms with Crippen molar-refractivity contribution in [3.05, 3.63) is 108 Å². The average Bonchev–Trinajstić information content (AvgIpc) is 2.85. The molecule has 1 N–H and O–H groups in total. The molecule has 0 aliphatic heterocycles. The quantitative estimate of drug-likeness (QED) is 0.393. The Balaban J connectivity index is 1.88. The first-order chi connectivity index (χ1) is 16.2. The van der Waals surface area contributed by atoms with Gasteiger partial charge in [-0.3, -0.25) is 9.59 Å². The van der Waals surface area contributed by atoms with Gasteiger partial charge in [-0.2, -0.15) is 0 Å². The van der Waals surface area contributed by atoms with E-state index < -0.39 is 6.04 Å². The van der Waals surface area contributed by atoms with Gasteiger partial charge in [0.25, 0.3) is 0 Å².